The van der Waals surface area contributed by atoms with Crippen LogP contribution in [-0.2, 0) is 0 Å². The molecule has 0 amide bonds. The standard InChI is InChI=1S/C52H40N2S2/c1-5-7-13-41-34-55-42(14-8-6-2)33-53(41)39-27-29-43-45(31-39)51(37-23-19-35(3)20-24-37)44-30-28-40(32-46(44)52(43)38-25-21-36(4)22-26-38)54-47-15-9-11-17-49(47)56-50-18-12-10-16-48(50)54/h5-34H,1-2H2,3-4H3/b13-7-,14-8-. The Morgan fingerprint density at radius 1 is 0.536 bits per heavy atom. The molecular weight excluding hydrogens is 717 g/mol. The summed E-state index contributed by atoms with van der Waals surface area (Å²) in [5.74, 6) is 0. The van der Waals surface area contributed by atoms with Crippen LogP contribution in [0, 0.1) is 13.8 Å². The summed E-state index contributed by atoms with van der Waals surface area (Å²) in [6.45, 7) is 12.1. The van der Waals surface area contributed by atoms with Crippen molar-refractivity contribution in [1.82, 2.24) is 0 Å². The van der Waals surface area contributed by atoms with Crippen molar-refractivity contribution in [1.29, 1.82) is 0 Å². The average molecular weight is 757 g/mol. The molecule has 0 saturated heterocycles. The first-order valence-electron chi connectivity index (χ1n) is 18.8. The average Bonchev–Trinajstić information content (AvgIpc) is 3.23. The third-order valence-electron chi connectivity index (χ3n) is 10.4. The highest BCUT2D eigenvalue weighted by molar-refractivity contribution is 8.06. The first-order valence-corrected chi connectivity index (χ1v) is 20.5. The summed E-state index contributed by atoms with van der Waals surface area (Å²) in [5, 5.41) is 7.04. The summed E-state index contributed by atoms with van der Waals surface area (Å²) in [6, 6.07) is 49.5. The van der Waals surface area contributed by atoms with E-state index in [1.165, 1.54) is 76.1 Å². The molecule has 0 radical (unpaired) electrons. The van der Waals surface area contributed by atoms with Gasteiger partial charge in [-0.05, 0) is 124 Å². The fraction of sp³-hybridized carbons (Fsp3) is 0.0385. The molecule has 2 heterocycles. The van der Waals surface area contributed by atoms with E-state index in [9.17, 15) is 0 Å². The third kappa shape index (κ3) is 6.51. The second-order valence-corrected chi connectivity index (χ2v) is 16.1. The molecule has 0 spiro atoms. The van der Waals surface area contributed by atoms with Crippen LogP contribution in [0.2, 0.25) is 0 Å². The quantitative estimate of drug-likeness (QED) is 0.112. The molecule has 0 aromatic heterocycles. The molecule has 2 nitrogen and oxygen atoms in total. The molecule has 0 N–H and O–H groups in total. The number of nitrogens with zero attached hydrogens (tertiary/aromatic N) is 2. The van der Waals surface area contributed by atoms with Crippen LogP contribution in [0.15, 0.2) is 215 Å². The molecule has 0 unspecified atom stereocenters. The Balaban J connectivity index is 1.35. The maximum Gasteiger partial charge on any atom is 0.0601 e. The molecule has 0 bridgehead atoms. The maximum atomic E-state index is 3.94. The topological polar surface area (TPSA) is 6.48 Å². The summed E-state index contributed by atoms with van der Waals surface area (Å²) >= 11 is 3.54. The third-order valence-corrected chi connectivity index (χ3v) is 12.4. The minimum Gasteiger partial charge on any atom is -0.316 e. The minimum absolute atomic E-state index is 1.08. The lowest BCUT2D eigenvalue weighted by molar-refractivity contribution is 1.17. The van der Waals surface area contributed by atoms with Crippen molar-refractivity contribution >= 4 is 67.8 Å². The first-order chi connectivity index (χ1) is 27.5. The Morgan fingerprint density at radius 2 is 1.05 bits per heavy atom. The summed E-state index contributed by atoms with van der Waals surface area (Å²) < 4.78 is 0. The number of anilines is 4. The van der Waals surface area contributed by atoms with E-state index in [4.69, 9.17) is 0 Å². The van der Waals surface area contributed by atoms with Gasteiger partial charge < -0.3 is 9.80 Å². The number of allylic oxidation sites excluding steroid dienone is 6. The summed E-state index contributed by atoms with van der Waals surface area (Å²) in [6.07, 6.45) is 14.0. The Morgan fingerprint density at radius 3 is 1.62 bits per heavy atom. The van der Waals surface area contributed by atoms with Gasteiger partial charge in [-0.25, -0.2) is 0 Å². The van der Waals surface area contributed by atoms with Crippen molar-refractivity contribution in [3.63, 3.8) is 0 Å². The minimum atomic E-state index is 1.08. The summed E-state index contributed by atoms with van der Waals surface area (Å²) in [4.78, 5) is 8.34. The zero-order valence-electron chi connectivity index (χ0n) is 31.4. The molecule has 0 fully saturated rings. The van der Waals surface area contributed by atoms with Crippen LogP contribution in [0.3, 0.4) is 0 Å². The lowest BCUT2D eigenvalue weighted by Gasteiger charge is -2.33. The van der Waals surface area contributed by atoms with Gasteiger partial charge in [-0.2, -0.15) is 0 Å². The lowest BCUT2D eigenvalue weighted by atomic mass is 9.85. The van der Waals surface area contributed by atoms with Gasteiger partial charge in [-0.1, -0.05) is 157 Å². The Labute approximate surface area is 338 Å². The van der Waals surface area contributed by atoms with Crippen molar-refractivity contribution in [2.75, 3.05) is 9.80 Å². The van der Waals surface area contributed by atoms with Crippen LogP contribution in [0.25, 0.3) is 43.8 Å². The number of thioether (sulfide) groups is 1. The summed E-state index contributed by atoms with van der Waals surface area (Å²) in [7, 11) is 0. The van der Waals surface area contributed by atoms with Crippen LogP contribution in [-0.4, -0.2) is 0 Å². The zero-order chi connectivity index (χ0) is 38.2. The van der Waals surface area contributed by atoms with E-state index in [0.717, 1.165) is 22.0 Å². The Hall–Kier alpha value is -6.20. The van der Waals surface area contributed by atoms with Gasteiger partial charge in [0, 0.05) is 32.3 Å². The van der Waals surface area contributed by atoms with Crippen molar-refractivity contribution in [2.24, 2.45) is 0 Å². The second-order valence-electron chi connectivity index (χ2n) is 14.1. The van der Waals surface area contributed by atoms with Crippen LogP contribution < -0.4 is 9.80 Å². The largest absolute Gasteiger partial charge is 0.316 e. The highest BCUT2D eigenvalue weighted by Crippen LogP contribution is 2.53. The van der Waals surface area contributed by atoms with Crippen molar-refractivity contribution in [3.05, 3.63) is 216 Å². The zero-order valence-corrected chi connectivity index (χ0v) is 33.1. The molecular formula is C52H40N2S2. The van der Waals surface area contributed by atoms with E-state index < -0.39 is 0 Å². The van der Waals surface area contributed by atoms with Gasteiger partial charge in [0.05, 0.1) is 17.1 Å². The number of hydrogen-bond donors (Lipinski definition) is 0. The van der Waals surface area contributed by atoms with Crippen molar-refractivity contribution in [3.8, 4) is 22.3 Å². The van der Waals surface area contributed by atoms with Gasteiger partial charge in [0.1, 0.15) is 0 Å². The SMILES string of the molecule is C=C/C=C\C1=CN(c2ccc3c(-c4ccc(C)cc4)c4cc(N5c6ccccc6Sc6ccccc65)ccc4c(-c4ccc(C)cc4)c3c2)C(/C=C\C=C)=CS1. The van der Waals surface area contributed by atoms with Crippen molar-refractivity contribution in [2.45, 2.75) is 23.6 Å². The molecule has 270 valence electrons. The van der Waals surface area contributed by atoms with E-state index in [1.54, 1.807) is 11.8 Å². The number of rotatable bonds is 8. The highest BCUT2D eigenvalue weighted by atomic mass is 32.2. The van der Waals surface area contributed by atoms with E-state index in [0.29, 0.717) is 0 Å². The lowest BCUT2D eigenvalue weighted by Crippen LogP contribution is -2.16. The number of aryl methyl sites for hydroxylation is 2. The fourth-order valence-corrected chi connectivity index (χ4v) is 9.54. The van der Waals surface area contributed by atoms with Crippen LogP contribution in [0.5, 0.6) is 0 Å². The van der Waals surface area contributed by atoms with Gasteiger partial charge in [0.15, 0.2) is 0 Å². The number of fused-ring (bicyclic) bond motifs is 4. The molecule has 0 atom stereocenters. The van der Waals surface area contributed by atoms with Gasteiger partial charge >= 0.3 is 0 Å². The van der Waals surface area contributed by atoms with E-state index in [-0.39, 0.29) is 0 Å². The van der Waals surface area contributed by atoms with Gasteiger partial charge in [0.25, 0.3) is 0 Å². The van der Waals surface area contributed by atoms with Crippen LogP contribution in [0.4, 0.5) is 22.7 Å². The van der Waals surface area contributed by atoms with Crippen LogP contribution in [0.1, 0.15) is 11.1 Å². The van der Waals surface area contributed by atoms with E-state index >= 15 is 0 Å². The number of hydrogen-bond acceptors (Lipinski definition) is 4. The molecule has 4 heteroatoms. The van der Waals surface area contributed by atoms with E-state index in [1.807, 2.05) is 36.1 Å². The second kappa shape index (κ2) is 15.1. The molecule has 2 aliphatic heterocycles. The molecule has 7 aromatic carbocycles. The Kier molecular flexibility index (Phi) is 9.60. The van der Waals surface area contributed by atoms with Gasteiger partial charge in [-0.15, -0.1) is 0 Å². The Bertz CT molecular complexity index is 2760. The van der Waals surface area contributed by atoms with Gasteiger partial charge in [-0.3, -0.25) is 0 Å². The van der Waals surface area contributed by atoms with Crippen molar-refractivity contribution < 1.29 is 0 Å². The number of para-hydroxylation sites is 2. The molecule has 9 rings (SSSR count). The molecule has 7 aromatic rings. The fourth-order valence-electron chi connectivity index (χ4n) is 7.71. The van der Waals surface area contributed by atoms with E-state index in [2.05, 4.69) is 194 Å². The maximum absolute atomic E-state index is 3.94. The highest BCUT2D eigenvalue weighted by Gasteiger charge is 2.26. The monoisotopic (exact) mass is 756 g/mol. The number of benzene rings is 7. The molecule has 0 saturated carbocycles. The van der Waals surface area contributed by atoms with Gasteiger partial charge in [0.2, 0.25) is 0 Å². The summed E-state index contributed by atoms with van der Waals surface area (Å²) in [5.41, 5.74) is 13.0. The predicted octanol–water partition coefficient (Wildman–Crippen LogP) is 15.6. The normalized spacial score (nSPS) is 13.9. The molecule has 56 heavy (non-hydrogen) atoms. The molecule has 0 aliphatic carbocycles. The van der Waals surface area contributed by atoms with Crippen LogP contribution >= 0.6 is 23.5 Å². The predicted molar refractivity (Wildman–Crippen MR) is 246 cm³/mol. The smallest absolute Gasteiger partial charge is 0.0601 e. The molecule has 2 aliphatic rings. The first kappa shape index (κ1) is 35.5.